The van der Waals surface area contributed by atoms with Crippen molar-refractivity contribution in [3.8, 4) is 0 Å². The summed E-state index contributed by atoms with van der Waals surface area (Å²) in [6, 6.07) is -0.884. The molecule has 3 rings (SSSR count). The summed E-state index contributed by atoms with van der Waals surface area (Å²) in [6.07, 6.45) is 1.20. The highest BCUT2D eigenvalue weighted by atomic mass is 35.5. The molecule has 0 bridgehead atoms. The van der Waals surface area contributed by atoms with Crippen molar-refractivity contribution in [1.29, 1.82) is 0 Å². The molecular weight excluding hydrogens is 372 g/mol. The Morgan fingerprint density at radius 3 is 2.52 bits per heavy atom. The highest BCUT2D eigenvalue weighted by molar-refractivity contribution is 5.85. The van der Waals surface area contributed by atoms with Crippen LogP contribution in [-0.2, 0) is 16.1 Å². The number of aryl methyl sites for hydroxylation is 2. The van der Waals surface area contributed by atoms with Crippen molar-refractivity contribution in [3.63, 3.8) is 0 Å². The van der Waals surface area contributed by atoms with Crippen LogP contribution in [0.2, 0.25) is 0 Å². The molecule has 3 N–H and O–H groups in total. The average Bonchev–Trinajstić information content (AvgIpc) is 3.08. The Morgan fingerprint density at radius 1 is 1.37 bits per heavy atom. The van der Waals surface area contributed by atoms with Crippen LogP contribution < -0.4 is 5.73 Å². The Kier molecular flexibility index (Phi) is 6.55. The van der Waals surface area contributed by atoms with E-state index >= 15 is 0 Å². The number of aromatic nitrogens is 1. The molecular formula is C18H29ClN4O4. The number of carbonyl (C=O) groups excluding carboxylic acids is 2. The van der Waals surface area contributed by atoms with E-state index in [1.54, 1.807) is 4.90 Å². The van der Waals surface area contributed by atoms with Crippen molar-refractivity contribution in [2.75, 3.05) is 19.6 Å². The molecule has 9 heteroatoms. The molecule has 0 aliphatic carbocycles. The molecule has 0 unspecified atom stereocenters. The van der Waals surface area contributed by atoms with Gasteiger partial charge in [-0.05, 0) is 33.6 Å². The largest absolute Gasteiger partial charge is 0.391 e. The standard InChI is InChI=1S/C18H28N4O4.ClH/c1-11-14(13(3)26-20-11)9-22-10-18(8-15(22)24)4-6-21(7-5-18)17(25)16(19)12(2)23;/h12,16,23H,4-10,19H2,1-3H3;1H/t12-,16+;/m1./s1. The van der Waals surface area contributed by atoms with E-state index in [0.29, 0.717) is 32.6 Å². The third kappa shape index (κ3) is 4.28. The maximum atomic E-state index is 12.6. The SMILES string of the molecule is Cc1noc(C)c1CN1CC2(CCN(C(=O)[C@@H](N)[C@@H](C)O)CC2)CC1=O.Cl. The van der Waals surface area contributed by atoms with Crippen molar-refractivity contribution in [1.82, 2.24) is 15.0 Å². The van der Waals surface area contributed by atoms with Crippen molar-refractivity contribution < 1.29 is 19.2 Å². The zero-order valence-electron chi connectivity index (χ0n) is 16.1. The smallest absolute Gasteiger partial charge is 0.242 e. The first-order chi connectivity index (χ1) is 12.2. The lowest BCUT2D eigenvalue weighted by atomic mass is 9.77. The van der Waals surface area contributed by atoms with E-state index < -0.39 is 12.1 Å². The van der Waals surface area contributed by atoms with Gasteiger partial charge in [0.05, 0.1) is 18.3 Å². The van der Waals surface area contributed by atoms with E-state index in [4.69, 9.17) is 10.3 Å². The number of nitrogens with zero attached hydrogens (tertiary/aromatic N) is 3. The average molecular weight is 401 g/mol. The first-order valence-corrected chi connectivity index (χ1v) is 9.14. The Balaban J connectivity index is 0.00000261. The van der Waals surface area contributed by atoms with Gasteiger partial charge >= 0.3 is 0 Å². The fourth-order valence-corrected chi connectivity index (χ4v) is 4.00. The molecule has 2 amide bonds. The lowest BCUT2D eigenvalue weighted by molar-refractivity contribution is -0.137. The minimum Gasteiger partial charge on any atom is -0.391 e. The van der Waals surface area contributed by atoms with Gasteiger partial charge in [-0.25, -0.2) is 0 Å². The van der Waals surface area contributed by atoms with Crippen molar-refractivity contribution >= 4 is 24.2 Å². The van der Waals surface area contributed by atoms with E-state index in [0.717, 1.165) is 29.9 Å². The van der Waals surface area contributed by atoms with E-state index in [2.05, 4.69) is 5.16 Å². The summed E-state index contributed by atoms with van der Waals surface area (Å²) in [5, 5.41) is 13.5. The van der Waals surface area contributed by atoms with Gasteiger partial charge in [-0.1, -0.05) is 5.16 Å². The van der Waals surface area contributed by atoms with Gasteiger partial charge in [-0.3, -0.25) is 9.59 Å². The van der Waals surface area contributed by atoms with Gasteiger partial charge in [0, 0.05) is 37.0 Å². The number of piperidine rings is 1. The lowest BCUT2D eigenvalue weighted by Crippen LogP contribution is -2.53. The second kappa shape index (κ2) is 8.16. The molecule has 0 saturated carbocycles. The first kappa shape index (κ1) is 21.7. The first-order valence-electron chi connectivity index (χ1n) is 9.14. The number of aliphatic hydroxyl groups excluding tert-OH is 1. The van der Waals surface area contributed by atoms with Crippen molar-refractivity contribution in [2.45, 2.75) is 58.7 Å². The van der Waals surface area contributed by atoms with Gasteiger partial charge in [-0.15, -0.1) is 12.4 Å². The van der Waals surface area contributed by atoms with Crippen LogP contribution in [0, 0.1) is 19.3 Å². The Labute approximate surface area is 165 Å². The normalized spacial score (nSPS) is 21.3. The minimum absolute atomic E-state index is 0. The number of aliphatic hydroxyl groups is 1. The number of hydrogen-bond acceptors (Lipinski definition) is 6. The molecule has 0 radical (unpaired) electrons. The summed E-state index contributed by atoms with van der Waals surface area (Å²) in [4.78, 5) is 28.4. The maximum Gasteiger partial charge on any atom is 0.242 e. The summed E-state index contributed by atoms with van der Waals surface area (Å²) in [5.74, 6) is 0.681. The number of hydrogen-bond donors (Lipinski definition) is 2. The molecule has 152 valence electrons. The van der Waals surface area contributed by atoms with E-state index in [9.17, 15) is 14.7 Å². The molecule has 8 nitrogen and oxygen atoms in total. The third-order valence-electron chi connectivity index (χ3n) is 5.88. The summed E-state index contributed by atoms with van der Waals surface area (Å²) in [5.41, 5.74) is 7.48. The summed E-state index contributed by atoms with van der Waals surface area (Å²) < 4.78 is 5.20. The van der Waals surface area contributed by atoms with Crippen LogP contribution in [0.5, 0.6) is 0 Å². The second-order valence-electron chi connectivity index (χ2n) is 7.82. The second-order valence-corrected chi connectivity index (χ2v) is 7.82. The monoisotopic (exact) mass is 400 g/mol. The van der Waals surface area contributed by atoms with Gasteiger partial charge in [0.1, 0.15) is 11.8 Å². The Morgan fingerprint density at radius 2 is 2.00 bits per heavy atom. The maximum absolute atomic E-state index is 12.6. The van der Waals surface area contributed by atoms with Crippen molar-refractivity contribution in [3.05, 3.63) is 17.0 Å². The molecule has 27 heavy (non-hydrogen) atoms. The lowest BCUT2D eigenvalue weighted by Gasteiger charge is -2.39. The van der Waals surface area contributed by atoms with Crippen LogP contribution in [0.3, 0.4) is 0 Å². The molecule has 1 aromatic rings. The highest BCUT2D eigenvalue weighted by Gasteiger charge is 2.46. The van der Waals surface area contributed by atoms with Gasteiger partial charge in [0.15, 0.2) is 0 Å². The minimum atomic E-state index is -0.884. The highest BCUT2D eigenvalue weighted by Crippen LogP contribution is 2.41. The summed E-state index contributed by atoms with van der Waals surface area (Å²) in [7, 11) is 0. The predicted molar refractivity (Wildman–Crippen MR) is 101 cm³/mol. The topological polar surface area (TPSA) is 113 Å². The van der Waals surface area contributed by atoms with Crippen LogP contribution in [0.4, 0.5) is 0 Å². The summed E-state index contributed by atoms with van der Waals surface area (Å²) in [6.45, 7) is 7.64. The zero-order chi connectivity index (χ0) is 19.1. The van der Waals surface area contributed by atoms with Gasteiger partial charge in [-0.2, -0.15) is 0 Å². The third-order valence-corrected chi connectivity index (χ3v) is 5.88. The van der Waals surface area contributed by atoms with Crippen LogP contribution in [-0.4, -0.2) is 63.7 Å². The number of nitrogens with two attached hydrogens (primary N) is 1. The zero-order valence-corrected chi connectivity index (χ0v) is 16.9. The number of likely N-dealkylation sites (tertiary alicyclic amines) is 2. The van der Waals surface area contributed by atoms with E-state index in [1.807, 2.05) is 18.7 Å². The quantitative estimate of drug-likeness (QED) is 0.771. The fourth-order valence-electron chi connectivity index (χ4n) is 4.00. The van der Waals surface area contributed by atoms with Crippen LogP contribution >= 0.6 is 12.4 Å². The molecule has 2 aliphatic rings. The molecule has 1 spiro atoms. The molecule has 1 aromatic heterocycles. The molecule has 0 aromatic carbocycles. The number of carbonyl (C=O) groups is 2. The van der Waals surface area contributed by atoms with Gasteiger partial charge in [0.2, 0.25) is 11.8 Å². The van der Waals surface area contributed by atoms with E-state index in [1.165, 1.54) is 6.92 Å². The van der Waals surface area contributed by atoms with E-state index in [-0.39, 0.29) is 29.6 Å². The van der Waals surface area contributed by atoms with Crippen LogP contribution in [0.15, 0.2) is 4.52 Å². The molecule has 2 saturated heterocycles. The molecule has 2 fully saturated rings. The number of halogens is 1. The Bertz CT molecular complexity index is 678. The predicted octanol–water partition coefficient (Wildman–Crippen LogP) is 0.762. The van der Waals surface area contributed by atoms with Crippen LogP contribution in [0.1, 0.15) is 43.2 Å². The molecule has 3 heterocycles. The fraction of sp³-hybridized carbons (Fsp3) is 0.722. The number of amides is 2. The van der Waals surface area contributed by atoms with Gasteiger partial charge < -0.3 is 25.2 Å². The van der Waals surface area contributed by atoms with Crippen LogP contribution in [0.25, 0.3) is 0 Å². The van der Waals surface area contributed by atoms with Crippen molar-refractivity contribution in [2.24, 2.45) is 11.1 Å². The Hall–Kier alpha value is -1.64. The molecule has 2 aliphatic heterocycles. The molecule has 2 atom stereocenters. The van der Waals surface area contributed by atoms with Gasteiger partial charge in [0.25, 0.3) is 0 Å². The number of rotatable bonds is 4. The summed E-state index contributed by atoms with van der Waals surface area (Å²) >= 11 is 0.